The maximum absolute atomic E-state index is 12.9. The number of hydrogen-bond acceptors (Lipinski definition) is 4. The topological polar surface area (TPSA) is 88.4 Å². The molecule has 0 aliphatic heterocycles. The first-order valence-corrected chi connectivity index (χ1v) is 9.55. The fraction of sp³-hybridized carbons (Fsp3) is 0. The van der Waals surface area contributed by atoms with Gasteiger partial charge in [-0.1, -0.05) is 36.4 Å². The van der Waals surface area contributed by atoms with E-state index in [0.717, 1.165) is 0 Å². The van der Waals surface area contributed by atoms with E-state index in [1.165, 1.54) is 12.1 Å². The van der Waals surface area contributed by atoms with Crippen LogP contribution in [-0.2, 0) is 0 Å². The van der Waals surface area contributed by atoms with Crippen molar-refractivity contribution in [1.82, 2.24) is 0 Å². The first-order valence-electron chi connectivity index (χ1n) is 9.55. The highest BCUT2D eigenvalue weighted by atomic mass is 16.3. The minimum atomic E-state index is -0.371. The van der Waals surface area contributed by atoms with E-state index in [2.05, 4.69) is 10.6 Å². The number of nitrogens with one attached hydrogen (secondary N) is 2. The summed E-state index contributed by atoms with van der Waals surface area (Å²) >= 11 is 0. The van der Waals surface area contributed by atoms with Crippen LogP contribution in [0.3, 0.4) is 0 Å². The summed E-state index contributed by atoms with van der Waals surface area (Å²) in [7, 11) is 0. The second kappa shape index (κ2) is 8.92. The average Bonchev–Trinajstić information content (AvgIpc) is 3.29. The molecule has 0 fully saturated rings. The fourth-order valence-corrected chi connectivity index (χ4v) is 3.05. The van der Waals surface area contributed by atoms with Crippen molar-refractivity contribution < 1.29 is 18.8 Å². The molecule has 6 heteroatoms. The minimum absolute atomic E-state index is 0.157. The van der Waals surface area contributed by atoms with Crippen LogP contribution in [0.25, 0.3) is 11.3 Å². The highest BCUT2D eigenvalue weighted by molar-refractivity contribution is 6.09. The van der Waals surface area contributed by atoms with Gasteiger partial charge in [-0.05, 0) is 54.6 Å². The van der Waals surface area contributed by atoms with E-state index in [4.69, 9.17) is 4.42 Å². The van der Waals surface area contributed by atoms with Crippen LogP contribution in [0.2, 0.25) is 0 Å². The van der Waals surface area contributed by atoms with Crippen LogP contribution in [0.15, 0.2) is 95.4 Å². The van der Waals surface area contributed by atoms with E-state index in [9.17, 15) is 14.4 Å². The summed E-state index contributed by atoms with van der Waals surface area (Å²) in [5.41, 5.74) is 2.34. The van der Waals surface area contributed by atoms with E-state index in [1.807, 2.05) is 36.4 Å². The van der Waals surface area contributed by atoms with Crippen molar-refractivity contribution in [3.63, 3.8) is 0 Å². The Morgan fingerprint density at radius 1 is 0.677 bits per heavy atom. The zero-order valence-electron chi connectivity index (χ0n) is 16.4. The van der Waals surface area contributed by atoms with E-state index >= 15 is 0 Å². The molecule has 2 amide bonds. The van der Waals surface area contributed by atoms with Crippen LogP contribution < -0.4 is 10.6 Å². The van der Waals surface area contributed by atoms with Crippen molar-refractivity contribution in [3.05, 3.63) is 108 Å². The summed E-state index contributed by atoms with van der Waals surface area (Å²) in [4.78, 5) is 36.7. The number of hydrogen-bond donors (Lipinski definition) is 2. The average molecular weight is 410 g/mol. The summed E-state index contributed by atoms with van der Waals surface area (Å²) in [6.45, 7) is 0. The lowest BCUT2D eigenvalue weighted by atomic mass is 10.0. The Kier molecular flexibility index (Phi) is 5.71. The number of rotatable bonds is 6. The van der Waals surface area contributed by atoms with Gasteiger partial charge in [-0.25, -0.2) is 0 Å². The second-order valence-corrected chi connectivity index (χ2v) is 6.76. The van der Waals surface area contributed by atoms with Crippen LogP contribution in [0.1, 0.15) is 31.3 Å². The Morgan fingerprint density at radius 2 is 1.19 bits per heavy atom. The number of benzene rings is 3. The van der Waals surface area contributed by atoms with Gasteiger partial charge in [0.25, 0.3) is 11.8 Å². The molecule has 0 spiro atoms. The maximum atomic E-state index is 12.9. The Morgan fingerprint density at radius 3 is 1.65 bits per heavy atom. The summed E-state index contributed by atoms with van der Waals surface area (Å²) < 4.78 is 5.49. The molecule has 0 saturated heterocycles. The molecule has 0 unspecified atom stereocenters. The van der Waals surface area contributed by atoms with Gasteiger partial charge in [-0.15, -0.1) is 0 Å². The van der Waals surface area contributed by atoms with E-state index < -0.39 is 0 Å². The zero-order valence-corrected chi connectivity index (χ0v) is 16.4. The van der Waals surface area contributed by atoms with Gasteiger partial charge in [0.15, 0.2) is 12.0 Å². The zero-order chi connectivity index (χ0) is 21.6. The lowest BCUT2D eigenvalue weighted by molar-refractivity contribution is 0.102. The molecule has 0 aliphatic rings. The van der Waals surface area contributed by atoms with Crippen LogP contribution in [-0.4, -0.2) is 18.1 Å². The molecule has 3 aromatic carbocycles. The number of carbonyl (C=O) groups is 3. The number of anilines is 2. The normalized spacial score (nSPS) is 10.3. The van der Waals surface area contributed by atoms with Gasteiger partial charge in [0, 0.05) is 28.1 Å². The van der Waals surface area contributed by atoms with Crippen molar-refractivity contribution in [2.75, 3.05) is 10.6 Å². The number of carbonyl (C=O) groups excluding carboxylic acids is 3. The first-order chi connectivity index (χ1) is 15.1. The van der Waals surface area contributed by atoms with Gasteiger partial charge in [0.05, 0.1) is 0 Å². The molecule has 0 aliphatic carbocycles. The molecule has 0 bridgehead atoms. The number of furan rings is 1. The number of amides is 2. The molecule has 6 nitrogen and oxygen atoms in total. The first kappa shape index (κ1) is 19.8. The van der Waals surface area contributed by atoms with Crippen molar-refractivity contribution in [2.45, 2.75) is 0 Å². The van der Waals surface area contributed by atoms with Crippen molar-refractivity contribution in [2.24, 2.45) is 0 Å². The molecular weight excluding hydrogens is 392 g/mol. The van der Waals surface area contributed by atoms with Gasteiger partial charge >= 0.3 is 0 Å². The third-order valence-electron chi connectivity index (χ3n) is 4.55. The number of aldehydes is 1. The monoisotopic (exact) mass is 410 g/mol. The van der Waals surface area contributed by atoms with Gasteiger partial charge in [0.2, 0.25) is 0 Å². The number of para-hydroxylation sites is 2. The summed E-state index contributed by atoms with van der Waals surface area (Å²) in [6, 6.07) is 25.9. The SMILES string of the molecule is O=Cc1ccc(-c2cc(C(=O)Nc3ccccc3)cc(C(=O)Nc3ccccc3)c2)o1. The second-order valence-electron chi connectivity index (χ2n) is 6.76. The summed E-state index contributed by atoms with van der Waals surface area (Å²) in [5.74, 6) is -0.206. The molecule has 4 rings (SSSR count). The lowest BCUT2D eigenvalue weighted by Crippen LogP contribution is -2.16. The predicted molar refractivity (Wildman–Crippen MR) is 118 cm³/mol. The quantitative estimate of drug-likeness (QED) is 0.424. The van der Waals surface area contributed by atoms with E-state index in [1.54, 1.807) is 42.5 Å². The van der Waals surface area contributed by atoms with Crippen molar-refractivity contribution >= 4 is 29.5 Å². The molecule has 2 N–H and O–H groups in total. The molecule has 0 saturated carbocycles. The Labute approximate surface area is 178 Å². The maximum Gasteiger partial charge on any atom is 0.255 e. The minimum Gasteiger partial charge on any atom is -0.453 e. The highest BCUT2D eigenvalue weighted by Crippen LogP contribution is 2.26. The molecule has 1 heterocycles. The Hall–Kier alpha value is -4.45. The van der Waals surface area contributed by atoms with Crippen LogP contribution >= 0.6 is 0 Å². The third kappa shape index (κ3) is 4.76. The van der Waals surface area contributed by atoms with Crippen LogP contribution in [0, 0.1) is 0 Å². The molecular formula is C25H18N2O4. The van der Waals surface area contributed by atoms with Gasteiger partial charge in [0.1, 0.15) is 5.76 Å². The van der Waals surface area contributed by atoms with Gasteiger partial charge < -0.3 is 15.1 Å². The van der Waals surface area contributed by atoms with Gasteiger partial charge in [-0.2, -0.15) is 0 Å². The fourth-order valence-electron chi connectivity index (χ4n) is 3.05. The summed E-state index contributed by atoms with van der Waals surface area (Å²) in [6.07, 6.45) is 0.596. The standard InChI is InChI=1S/C25H18N2O4/c28-16-22-11-12-23(31-22)17-13-18(24(29)26-20-7-3-1-4-8-20)15-19(14-17)25(30)27-21-9-5-2-6-10-21/h1-16H,(H,26,29)(H,27,30). The Balaban J connectivity index is 1.70. The van der Waals surface area contributed by atoms with Crippen LogP contribution in [0.5, 0.6) is 0 Å². The Bertz CT molecular complexity index is 1160. The van der Waals surface area contributed by atoms with Gasteiger partial charge in [-0.3, -0.25) is 14.4 Å². The molecule has 4 aromatic rings. The largest absolute Gasteiger partial charge is 0.453 e. The van der Waals surface area contributed by atoms with Crippen LogP contribution in [0.4, 0.5) is 11.4 Å². The smallest absolute Gasteiger partial charge is 0.255 e. The highest BCUT2D eigenvalue weighted by Gasteiger charge is 2.16. The van der Waals surface area contributed by atoms with Crippen molar-refractivity contribution in [1.29, 1.82) is 0 Å². The molecule has 0 atom stereocenters. The molecule has 0 radical (unpaired) electrons. The third-order valence-corrected chi connectivity index (χ3v) is 4.55. The van der Waals surface area contributed by atoms with Crippen molar-refractivity contribution in [3.8, 4) is 11.3 Å². The van der Waals surface area contributed by atoms with E-state index in [-0.39, 0.29) is 28.7 Å². The molecule has 31 heavy (non-hydrogen) atoms. The summed E-state index contributed by atoms with van der Waals surface area (Å²) in [5, 5.41) is 5.62. The lowest BCUT2D eigenvalue weighted by Gasteiger charge is -2.10. The molecule has 152 valence electrons. The predicted octanol–water partition coefficient (Wildman–Crippen LogP) is 5.26. The van der Waals surface area contributed by atoms with E-state index in [0.29, 0.717) is 29.0 Å². The molecule has 1 aromatic heterocycles.